The van der Waals surface area contributed by atoms with Crippen LogP contribution in [0, 0.1) is 23.2 Å². The van der Waals surface area contributed by atoms with Crippen molar-refractivity contribution < 1.29 is 9.26 Å². The Labute approximate surface area is 167 Å². The van der Waals surface area contributed by atoms with Gasteiger partial charge in [0.2, 0.25) is 11.7 Å². The fourth-order valence-corrected chi connectivity index (χ4v) is 6.41. The molecule has 0 radical (unpaired) electrons. The van der Waals surface area contributed by atoms with Crippen LogP contribution in [-0.4, -0.2) is 28.6 Å². The van der Waals surface area contributed by atoms with E-state index in [0.29, 0.717) is 30.3 Å². The first-order chi connectivity index (χ1) is 13.7. The van der Waals surface area contributed by atoms with Gasteiger partial charge in [-0.25, -0.2) is 0 Å². The molecule has 1 heterocycles. The smallest absolute Gasteiger partial charge is 0.240 e. The molecule has 0 atom stereocenters. The summed E-state index contributed by atoms with van der Waals surface area (Å²) in [6.45, 7) is 2.17. The molecule has 150 valence electrons. The van der Waals surface area contributed by atoms with E-state index in [1.54, 1.807) is 0 Å². The maximum atomic E-state index is 5.70. The van der Waals surface area contributed by atoms with E-state index >= 15 is 0 Å². The molecule has 1 aromatic heterocycles. The summed E-state index contributed by atoms with van der Waals surface area (Å²) in [6, 6.07) is 9.74. The molecule has 0 N–H and O–H groups in total. The Hall–Kier alpha value is -1.88. The van der Waals surface area contributed by atoms with Gasteiger partial charge in [0.25, 0.3) is 0 Å². The van der Waals surface area contributed by atoms with E-state index in [1.807, 2.05) is 30.3 Å². The summed E-state index contributed by atoms with van der Waals surface area (Å²) < 4.78 is 11.1. The predicted molar refractivity (Wildman–Crippen MR) is 107 cm³/mol. The summed E-state index contributed by atoms with van der Waals surface area (Å²) in [5.41, 5.74) is 0.631. The Kier molecular flexibility index (Phi) is 4.87. The van der Waals surface area contributed by atoms with Crippen molar-refractivity contribution in [2.75, 3.05) is 13.6 Å². The van der Waals surface area contributed by atoms with Gasteiger partial charge in [0, 0.05) is 0 Å². The molecule has 0 unspecified atom stereocenters. The van der Waals surface area contributed by atoms with Crippen LogP contribution in [0.15, 0.2) is 34.9 Å². The first-order valence-corrected chi connectivity index (χ1v) is 10.8. The second-order valence-corrected chi connectivity index (χ2v) is 9.61. The molecule has 28 heavy (non-hydrogen) atoms. The van der Waals surface area contributed by atoms with Crippen LogP contribution in [-0.2, 0) is 13.2 Å². The van der Waals surface area contributed by atoms with Crippen LogP contribution in [0.25, 0.3) is 0 Å². The highest BCUT2D eigenvalue weighted by molar-refractivity contribution is 5.20. The SMILES string of the molecule is CN(CCC12CC3CC(CC(C3)C1)C2)Cc1nc(COc2ccccc2)no1. The Morgan fingerprint density at radius 2 is 1.75 bits per heavy atom. The summed E-state index contributed by atoms with van der Waals surface area (Å²) >= 11 is 0. The maximum absolute atomic E-state index is 5.70. The van der Waals surface area contributed by atoms with Crippen LogP contribution in [0.5, 0.6) is 5.75 Å². The van der Waals surface area contributed by atoms with Gasteiger partial charge >= 0.3 is 0 Å². The summed E-state index contributed by atoms with van der Waals surface area (Å²) in [5.74, 6) is 5.19. The number of nitrogens with zero attached hydrogens (tertiary/aromatic N) is 3. The van der Waals surface area contributed by atoms with Crippen LogP contribution in [0.1, 0.15) is 56.7 Å². The predicted octanol–water partition coefficient (Wildman–Crippen LogP) is 4.69. The first-order valence-electron chi connectivity index (χ1n) is 10.8. The van der Waals surface area contributed by atoms with Gasteiger partial charge in [0.1, 0.15) is 5.75 Å². The van der Waals surface area contributed by atoms with Gasteiger partial charge in [0.05, 0.1) is 6.54 Å². The van der Waals surface area contributed by atoms with Gasteiger partial charge in [-0.3, -0.25) is 4.90 Å². The summed E-state index contributed by atoms with van der Waals surface area (Å²) in [4.78, 5) is 6.84. The minimum Gasteiger partial charge on any atom is -0.485 e. The van der Waals surface area contributed by atoms with Crippen molar-refractivity contribution in [1.29, 1.82) is 0 Å². The molecule has 5 heteroatoms. The molecule has 4 fully saturated rings. The first kappa shape index (κ1) is 18.2. The molecule has 0 spiro atoms. The highest BCUT2D eigenvalue weighted by Gasteiger charge is 2.50. The molecule has 4 aliphatic rings. The molecular formula is C23H31N3O2. The average molecular weight is 382 g/mol. The second-order valence-electron chi connectivity index (χ2n) is 9.61. The molecule has 1 aromatic carbocycles. The van der Waals surface area contributed by atoms with E-state index in [4.69, 9.17) is 9.26 Å². The number of rotatable bonds is 8. The Morgan fingerprint density at radius 1 is 1.07 bits per heavy atom. The van der Waals surface area contributed by atoms with E-state index in [1.165, 1.54) is 44.9 Å². The maximum Gasteiger partial charge on any atom is 0.240 e. The third-order valence-electron chi connectivity index (χ3n) is 7.22. The summed E-state index contributed by atoms with van der Waals surface area (Å²) in [5, 5.41) is 4.06. The molecule has 5 nitrogen and oxygen atoms in total. The number of para-hydroxylation sites is 1. The van der Waals surface area contributed by atoms with Crippen molar-refractivity contribution >= 4 is 0 Å². The Balaban J connectivity index is 1.11. The standard InChI is InChI=1S/C23H31N3O2/c1-26(8-7-23-12-17-9-18(13-23)11-19(10-17)14-23)15-22-24-21(25-28-22)16-27-20-5-3-2-4-6-20/h2-6,17-19H,7-16H2,1H3. The van der Waals surface area contributed by atoms with Crippen LogP contribution in [0.2, 0.25) is 0 Å². The monoisotopic (exact) mass is 381 g/mol. The minimum atomic E-state index is 0.338. The fraction of sp³-hybridized carbons (Fsp3) is 0.652. The summed E-state index contributed by atoms with van der Waals surface area (Å²) in [6.07, 6.45) is 10.3. The highest BCUT2D eigenvalue weighted by atomic mass is 16.5. The van der Waals surface area contributed by atoms with Gasteiger partial charge in [0.15, 0.2) is 6.61 Å². The lowest BCUT2D eigenvalue weighted by molar-refractivity contribution is -0.0606. The van der Waals surface area contributed by atoms with Crippen molar-refractivity contribution in [1.82, 2.24) is 15.0 Å². The lowest BCUT2D eigenvalue weighted by Gasteiger charge is -2.57. The number of ether oxygens (including phenoxy) is 1. The lowest BCUT2D eigenvalue weighted by atomic mass is 9.49. The van der Waals surface area contributed by atoms with Gasteiger partial charge in [-0.2, -0.15) is 4.98 Å². The van der Waals surface area contributed by atoms with Crippen molar-refractivity contribution in [3.63, 3.8) is 0 Å². The molecule has 0 amide bonds. The van der Waals surface area contributed by atoms with Crippen molar-refractivity contribution in [2.45, 2.75) is 58.1 Å². The van der Waals surface area contributed by atoms with E-state index in [9.17, 15) is 0 Å². The van der Waals surface area contributed by atoms with Crippen molar-refractivity contribution in [2.24, 2.45) is 23.2 Å². The molecule has 0 aliphatic heterocycles. The number of benzene rings is 1. The lowest BCUT2D eigenvalue weighted by Crippen LogP contribution is -2.47. The minimum absolute atomic E-state index is 0.338. The van der Waals surface area contributed by atoms with Crippen LogP contribution in [0.3, 0.4) is 0 Å². The zero-order chi connectivity index (χ0) is 19.0. The van der Waals surface area contributed by atoms with Gasteiger partial charge < -0.3 is 9.26 Å². The van der Waals surface area contributed by atoms with E-state index in [-0.39, 0.29) is 0 Å². The molecule has 4 aliphatic carbocycles. The fourth-order valence-electron chi connectivity index (χ4n) is 6.41. The largest absolute Gasteiger partial charge is 0.485 e. The van der Waals surface area contributed by atoms with Crippen LogP contribution < -0.4 is 4.74 Å². The highest BCUT2D eigenvalue weighted by Crippen LogP contribution is 2.61. The quantitative estimate of drug-likeness (QED) is 0.664. The Bertz CT molecular complexity index is 753. The zero-order valence-corrected chi connectivity index (χ0v) is 16.8. The van der Waals surface area contributed by atoms with Crippen LogP contribution >= 0.6 is 0 Å². The zero-order valence-electron chi connectivity index (χ0n) is 16.8. The average Bonchev–Trinajstić information content (AvgIpc) is 3.12. The van der Waals surface area contributed by atoms with E-state index < -0.39 is 0 Å². The van der Waals surface area contributed by atoms with Crippen molar-refractivity contribution in [3.8, 4) is 5.75 Å². The Morgan fingerprint density at radius 3 is 2.43 bits per heavy atom. The van der Waals surface area contributed by atoms with Gasteiger partial charge in [-0.1, -0.05) is 23.4 Å². The topological polar surface area (TPSA) is 51.4 Å². The molecule has 4 saturated carbocycles. The third-order valence-corrected chi connectivity index (χ3v) is 7.22. The summed E-state index contributed by atoms with van der Waals surface area (Å²) in [7, 11) is 2.17. The molecule has 0 saturated heterocycles. The molecule has 6 rings (SSSR count). The molecule has 4 bridgehead atoms. The number of hydrogen-bond acceptors (Lipinski definition) is 5. The van der Waals surface area contributed by atoms with E-state index in [0.717, 1.165) is 30.0 Å². The van der Waals surface area contributed by atoms with Crippen molar-refractivity contribution in [3.05, 3.63) is 42.0 Å². The normalized spacial score (nSPS) is 30.9. The molecule has 2 aromatic rings. The van der Waals surface area contributed by atoms with Crippen LogP contribution in [0.4, 0.5) is 0 Å². The number of hydrogen-bond donors (Lipinski definition) is 0. The van der Waals surface area contributed by atoms with E-state index in [2.05, 4.69) is 22.1 Å². The molecular weight excluding hydrogens is 350 g/mol. The third kappa shape index (κ3) is 3.95. The van der Waals surface area contributed by atoms with Gasteiger partial charge in [-0.05, 0) is 93.8 Å². The van der Waals surface area contributed by atoms with Gasteiger partial charge in [-0.15, -0.1) is 0 Å². The number of aromatic nitrogens is 2. The second kappa shape index (κ2) is 7.51.